The summed E-state index contributed by atoms with van der Waals surface area (Å²) in [5, 5.41) is 2.62. The molecule has 0 radical (unpaired) electrons. The van der Waals surface area contributed by atoms with Gasteiger partial charge < -0.3 is 19.3 Å². The number of hydrogen-bond donors (Lipinski definition) is 0. The SMILES string of the molecule is Cc1cc2c3c(c1)N(c1cccc4c1OCCO4)c1ccc(C(C)(C)C)cc1B3c1cc(-c3ccc4c(c3)sc3ccccc34)ccc1N2c1cc(-c2ccc(C(C)(C)C)cc2)cc(-c2ccc(C(C)(C)C)cc2)c1. The zero-order valence-corrected chi connectivity index (χ0v) is 45.7. The van der Waals surface area contributed by atoms with Crippen LogP contribution in [0.25, 0.3) is 53.6 Å². The highest BCUT2D eigenvalue weighted by molar-refractivity contribution is 7.25. The molecule has 0 fully saturated rings. The highest BCUT2D eigenvalue weighted by Gasteiger charge is 2.45. The second-order valence-corrected chi connectivity index (χ2v) is 25.2. The van der Waals surface area contributed by atoms with Crippen LogP contribution in [0.15, 0.2) is 176 Å². The van der Waals surface area contributed by atoms with Crippen LogP contribution in [-0.4, -0.2) is 19.9 Å². The highest BCUT2D eigenvalue weighted by Crippen LogP contribution is 2.51. The molecular weight excluding hydrogens is 932 g/mol. The molecule has 10 aromatic rings. The fraction of sp³-hybridized carbons (Fsp3) is 0.217. The van der Waals surface area contributed by atoms with Gasteiger partial charge in [0.1, 0.15) is 13.2 Å². The summed E-state index contributed by atoms with van der Waals surface area (Å²) in [5.74, 6) is 1.56. The Labute approximate surface area is 447 Å². The summed E-state index contributed by atoms with van der Waals surface area (Å²) in [5.41, 5.74) is 22.8. The van der Waals surface area contributed by atoms with Gasteiger partial charge >= 0.3 is 0 Å². The van der Waals surface area contributed by atoms with E-state index in [1.807, 2.05) is 17.4 Å². The lowest BCUT2D eigenvalue weighted by Gasteiger charge is -2.45. The second kappa shape index (κ2) is 17.3. The smallest absolute Gasteiger partial charge is 0.252 e. The van der Waals surface area contributed by atoms with E-state index in [0.29, 0.717) is 13.2 Å². The number of thiophene rings is 1. The van der Waals surface area contributed by atoms with Gasteiger partial charge in [0.2, 0.25) is 0 Å². The summed E-state index contributed by atoms with van der Waals surface area (Å²) in [6.07, 6.45) is 0. The van der Waals surface area contributed by atoms with Gasteiger partial charge in [-0.15, -0.1) is 11.3 Å². The van der Waals surface area contributed by atoms with Gasteiger partial charge in [-0.3, -0.25) is 0 Å². The molecule has 0 bridgehead atoms. The molecule has 0 N–H and O–H groups in total. The molecular formula is C69H63BN2O2S. The van der Waals surface area contributed by atoms with E-state index in [4.69, 9.17) is 9.47 Å². The standard InChI is InChI=1S/C69H63BN2O2S/c1-42-34-60-65-61(35-42)72(59-15-13-16-62-66(59)74-33-32-73-62)58-31-28-51(69(8,9)10)41-56(58)70(65)55-39-45(46-22-29-54-53-14-11-12-17-63(53)75-64(54)40-46)23-30-57(55)71(60)52-37-47(43-18-24-49(25-19-43)67(2,3)4)36-48(38-52)44-20-26-50(27-21-44)68(5,6)7/h11-31,34-41H,32-33H2,1-10H3. The molecule has 0 spiro atoms. The Bertz CT molecular complexity index is 3850. The van der Waals surface area contributed by atoms with Crippen LogP contribution in [-0.2, 0) is 16.2 Å². The average Bonchev–Trinajstić information content (AvgIpc) is 3.78. The van der Waals surface area contributed by atoms with Crippen LogP contribution >= 0.6 is 11.3 Å². The molecule has 4 heterocycles. The number of rotatable bonds is 5. The van der Waals surface area contributed by atoms with Crippen LogP contribution in [0.4, 0.5) is 34.1 Å². The zero-order valence-electron chi connectivity index (χ0n) is 44.9. The van der Waals surface area contributed by atoms with E-state index in [9.17, 15) is 0 Å². The van der Waals surface area contributed by atoms with Gasteiger partial charge in [-0.2, -0.15) is 0 Å². The van der Waals surface area contributed by atoms with E-state index >= 15 is 0 Å². The molecule has 0 amide bonds. The van der Waals surface area contributed by atoms with Crippen LogP contribution in [0.1, 0.15) is 84.6 Å². The predicted octanol–water partition coefficient (Wildman–Crippen LogP) is 17.1. The third-order valence-corrected chi connectivity index (χ3v) is 17.1. The van der Waals surface area contributed by atoms with Crippen molar-refractivity contribution in [1.82, 2.24) is 0 Å². The van der Waals surface area contributed by atoms with E-state index in [0.717, 1.165) is 34.2 Å². The summed E-state index contributed by atoms with van der Waals surface area (Å²) in [6.45, 7) is 23.9. The Kier molecular flexibility index (Phi) is 10.9. The molecule has 0 atom stereocenters. The van der Waals surface area contributed by atoms with Crippen molar-refractivity contribution in [2.75, 3.05) is 23.0 Å². The lowest BCUT2D eigenvalue weighted by Crippen LogP contribution is -2.61. The summed E-state index contributed by atoms with van der Waals surface area (Å²) >= 11 is 1.88. The monoisotopic (exact) mass is 994 g/mol. The lowest BCUT2D eigenvalue weighted by molar-refractivity contribution is 0.172. The number of nitrogens with zero attached hydrogens (tertiary/aromatic N) is 2. The normalized spacial score (nSPS) is 14.0. The Balaban J connectivity index is 1.10. The number of benzene rings is 9. The molecule has 0 saturated carbocycles. The van der Waals surface area contributed by atoms with Gasteiger partial charge in [-0.1, -0.05) is 172 Å². The van der Waals surface area contributed by atoms with E-state index in [-0.39, 0.29) is 23.0 Å². The van der Waals surface area contributed by atoms with Crippen molar-refractivity contribution in [2.45, 2.75) is 85.5 Å². The summed E-state index contributed by atoms with van der Waals surface area (Å²) < 4.78 is 15.5. The Morgan fingerprint density at radius 3 is 1.64 bits per heavy atom. The summed E-state index contributed by atoms with van der Waals surface area (Å²) in [7, 11) is 0. The fourth-order valence-electron chi connectivity index (χ4n) is 11.9. The van der Waals surface area contributed by atoms with Gasteiger partial charge in [0, 0.05) is 48.6 Å². The maximum absolute atomic E-state index is 6.59. The number of aryl methyl sites for hydroxylation is 1. The Morgan fingerprint density at radius 2 is 0.960 bits per heavy atom. The molecule has 4 nitrogen and oxygen atoms in total. The van der Waals surface area contributed by atoms with E-state index in [1.54, 1.807) is 0 Å². The van der Waals surface area contributed by atoms with Crippen molar-refractivity contribution in [1.29, 1.82) is 0 Å². The van der Waals surface area contributed by atoms with Gasteiger partial charge in [-0.05, 0) is 162 Å². The molecule has 13 rings (SSSR count). The number of anilines is 6. The molecule has 75 heavy (non-hydrogen) atoms. The number of fused-ring (bicyclic) bond motifs is 8. The van der Waals surface area contributed by atoms with Gasteiger partial charge in [-0.25, -0.2) is 0 Å². The van der Waals surface area contributed by atoms with Crippen molar-refractivity contribution in [3.8, 4) is 44.9 Å². The van der Waals surface area contributed by atoms with Crippen molar-refractivity contribution in [3.63, 3.8) is 0 Å². The van der Waals surface area contributed by atoms with E-state index in [1.165, 1.54) is 104 Å². The number of para-hydroxylation sites is 1. The minimum atomic E-state index is -0.0862. The first kappa shape index (κ1) is 47.2. The average molecular weight is 995 g/mol. The number of hydrogen-bond acceptors (Lipinski definition) is 5. The quantitative estimate of drug-likeness (QED) is 0.160. The molecule has 3 aliphatic heterocycles. The second-order valence-electron chi connectivity index (χ2n) is 24.2. The maximum Gasteiger partial charge on any atom is 0.252 e. The first-order valence-corrected chi connectivity index (χ1v) is 27.5. The molecule has 9 aromatic carbocycles. The van der Waals surface area contributed by atoms with Crippen LogP contribution in [0.2, 0.25) is 0 Å². The minimum Gasteiger partial charge on any atom is -0.486 e. The van der Waals surface area contributed by atoms with Gasteiger partial charge in [0.25, 0.3) is 6.71 Å². The maximum atomic E-state index is 6.59. The molecule has 370 valence electrons. The van der Waals surface area contributed by atoms with Crippen molar-refractivity contribution in [3.05, 3.63) is 198 Å². The van der Waals surface area contributed by atoms with Crippen molar-refractivity contribution in [2.24, 2.45) is 0 Å². The van der Waals surface area contributed by atoms with Gasteiger partial charge in [0.05, 0.1) is 5.69 Å². The first-order chi connectivity index (χ1) is 36.0. The first-order valence-electron chi connectivity index (χ1n) is 26.7. The van der Waals surface area contributed by atoms with Crippen molar-refractivity contribution >= 4 is 88.7 Å². The van der Waals surface area contributed by atoms with E-state index < -0.39 is 0 Å². The Morgan fingerprint density at radius 1 is 0.413 bits per heavy atom. The zero-order chi connectivity index (χ0) is 51.7. The number of ether oxygens (including phenoxy) is 2. The van der Waals surface area contributed by atoms with Crippen LogP contribution in [0, 0.1) is 6.92 Å². The largest absolute Gasteiger partial charge is 0.486 e. The molecule has 6 heteroatoms. The minimum absolute atomic E-state index is 0.0412. The molecule has 0 aliphatic carbocycles. The van der Waals surface area contributed by atoms with Crippen molar-refractivity contribution < 1.29 is 9.47 Å². The highest BCUT2D eigenvalue weighted by atomic mass is 32.1. The van der Waals surface area contributed by atoms with E-state index in [2.05, 4.69) is 249 Å². The summed E-state index contributed by atoms with van der Waals surface area (Å²) in [6, 6.07) is 67.2. The third-order valence-electron chi connectivity index (χ3n) is 15.9. The third kappa shape index (κ3) is 8.03. The lowest BCUT2D eigenvalue weighted by atomic mass is 9.33. The Hall–Kier alpha value is -7.54. The molecule has 0 saturated heterocycles. The predicted molar refractivity (Wildman–Crippen MR) is 321 cm³/mol. The topological polar surface area (TPSA) is 24.9 Å². The van der Waals surface area contributed by atoms with Crippen LogP contribution in [0.5, 0.6) is 11.5 Å². The molecule has 3 aliphatic rings. The molecule has 0 unspecified atom stereocenters. The van der Waals surface area contributed by atoms with Crippen LogP contribution < -0.4 is 35.7 Å². The molecule has 1 aromatic heterocycles. The fourth-order valence-corrected chi connectivity index (χ4v) is 13.0. The summed E-state index contributed by atoms with van der Waals surface area (Å²) in [4.78, 5) is 5.04. The van der Waals surface area contributed by atoms with Gasteiger partial charge in [0.15, 0.2) is 11.5 Å². The van der Waals surface area contributed by atoms with Crippen LogP contribution in [0.3, 0.4) is 0 Å².